The second kappa shape index (κ2) is 9.72. The van der Waals surface area contributed by atoms with Gasteiger partial charge < -0.3 is 14.8 Å². The van der Waals surface area contributed by atoms with Gasteiger partial charge in [0, 0.05) is 22.0 Å². The summed E-state index contributed by atoms with van der Waals surface area (Å²) in [6.45, 7) is 3.84. The number of ether oxygens (including phenoxy) is 2. The Kier molecular flexibility index (Phi) is 6.76. The molecule has 170 valence electrons. The van der Waals surface area contributed by atoms with Crippen LogP contribution >= 0.6 is 23.4 Å². The van der Waals surface area contributed by atoms with Gasteiger partial charge >= 0.3 is 0 Å². The van der Waals surface area contributed by atoms with Crippen molar-refractivity contribution < 1.29 is 14.3 Å². The number of methoxy groups -OCH3 is 2. The van der Waals surface area contributed by atoms with Gasteiger partial charge in [-0.25, -0.2) is 9.50 Å². The number of anilines is 1. The third-order valence-electron chi connectivity index (χ3n) is 5.07. The highest BCUT2D eigenvalue weighted by Crippen LogP contribution is 2.34. The van der Waals surface area contributed by atoms with E-state index in [2.05, 4.69) is 15.4 Å². The lowest BCUT2D eigenvalue weighted by Crippen LogP contribution is -2.14. The zero-order chi connectivity index (χ0) is 23.5. The molecule has 0 spiro atoms. The standard InChI is InChI=1S/C24H23ClN4O3S/c1-14-5-7-17(11-19(14)25)28-22(30)13-33-23-9-15(2)27-24-18(12-26-29(23)24)16-6-8-20(31-3)21(10-16)32-4/h5-12H,13H2,1-4H3,(H,28,30). The van der Waals surface area contributed by atoms with Crippen LogP contribution in [-0.2, 0) is 4.79 Å². The van der Waals surface area contributed by atoms with Crippen molar-refractivity contribution >= 4 is 40.6 Å². The maximum atomic E-state index is 12.5. The summed E-state index contributed by atoms with van der Waals surface area (Å²) in [4.78, 5) is 17.2. The molecule has 7 nitrogen and oxygen atoms in total. The molecule has 2 heterocycles. The molecule has 0 unspecified atom stereocenters. The van der Waals surface area contributed by atoms with Gasteiger partial charge in [0.1, 0.15) is 5.03 Å². The molecule has 1 N–H and O–H groups in total. The molecule has 0 saturated heterocycles. The number of amides is 1. The van der Waals surface area contributed by atoms with Gasteiger partial charge in [0.25, 0.3) is 0 Å². The van der Waals surface area contributed by atoms with E-state index in [1.54, 1.807) is 31.0 Å². The smallest absolute Gasteiger partial charge is 0.234 e. The number of aryl methyl sites for hydroxylation is 2. The minimum atomic E-state index is -0.130. The maximum Gasteiger partial charge on any atom is 0.234 e. The number of benzene rings is 2. The van der Waals surface area contributed by atoms with Crippen LogP contribution in [0.15, 0.2) is 53.7 Å². The number of aromatic nitrogens is 3. The zero-order valence-electron chi connectivity index (χ0n) is 18.7. The number of rotatable bonds is 7. The van der Waals surface area contributed by atoms with Crippen molar-refractivity contribution in [1.29, 1.82) is 0 Å². The molecule has 0 aliphatic heterocycles. The van der Waals surface area contributed by atoms with Crippen molar-refractivity contribution in [3.05, 3.63) is 64.9 Å². The summed E-state index contributed by atoms with van der Waals surface area (Å²) >= 11 is 7.54. The Morgan fingerprint density at radius 3 is 2.61 bits per heavy atom. The van der Waals surface area contributed by atoms with Gasteiger partial charge in [-0.15, -0.1) is 0 Å². The Labute approximate surface area is 201 Å². The Morgan fingerprint density at radius 1 is 1.09 bits per heavy atom. The second-order valence-electron chi connectivity index (χ2n) is 7.40. The Bertz CT molecular complexity index is 1340. The van der Waals surface area contributed by atoms with Gasteiger partial charge in [0.2, 0.25) is 5.91 Å². The SMILES string of the molecule is COc1ccc(-c2cnn3c(SCC(=O)Nc4ccc(C)c(Cl)c4)cc(C)nc23)cc1OC. The molecule has 0 radical (unpaired) electrons. The predicted molar refractivity (Wildman–Crippen MR) is 132 cm³/mol. The van der Waals surface area contributed by atoms with Gasteiger partial charge in [-0.2, -0.15) is 5.10 Å². The normalized spacial score (nSPS) is 10.9. The minimum Gasteiger partial charge on any atom is -0.493 e. The molecule has 0 bridgehead atoms. The first-order valence-corrected chi connectivity index (χ1v) is 11.5. The Morgan fingerprint density at radius 2 is 1.88 bits per heavy atom. The fourth-order valence-electron chi connectivity index (χ4n) is 3.37. The number of nitrogens with one attached hydrogen (secondary N) is 1. The van der Waals surface area contributed by atoms with E-state index in [0.29, 0.717) is 27.9 Å². The summed E-state index contributed by atoms with van der Waals surface area (Å²) < 4.78 is 12.5. The molecule has 2 aromatic carbocycles. The van der Waals surface area contributed by atoms with E-state index in [0.717, 1.165) is 27.4 Å². The van der Waals surface area contributed by atoms with Crippen molar-refractivity contribution in [3.63, 3.8) is 0 Å². The van der Waals surface area contributed by atoms with Crippen molar-refractivity contribution in [3.8, 4) is 22.6 Å². The van der Waals surface area contributed by atoms with E-state index in [1.165, 1.54) is 11.8 Å². The number of carbonyl (C=O) groups is 1. The summed E-state index contributed by atoms with van der Waals surface area (Å²) in [5.41, 5.74) is 4.93. The molecule has 0 saturated carbocycles. The van der Waals surface area contributed by atoms with Crippen LogP contribution in [0.3, 0.4) is 0 Å². The van der Waals surface area contributed by atoms with Gasteiger partial charge in [0.15, 0.2) is 17.1 Å². The van der Waals surface area contributed by atoms with Gasteiger partial charge in [-0.05, 0) is 55.3 Å². The third-order valence-corrected chi connectivity index (χ3v) is 6.47. The number of fused-ring (bicyclic) bond motifs is 1. The Hall–Kier alpha value is -3.23. The van der Waals surface area contributed by atoms with E-state index >= 15 is 0 Å². The van der Waals surface area contributed by atoms with E-state index in [1.807, 2.05) is 50.2 Å². The van der Waals surface area contributed by atoms with Crippen LogP contribution in [0.4, 0.5) is 5.69 Å². The van der Waals surface area contributed by atoms with Crippen LogP contribution in [0.25, 0.3) is 16.8 Å². The molecule has 0 aliphatic rings. The summed E-state index contributed by atoms with van der Waals surface area (Å²) in [6, 6.07) is 13.1. The second-order valence-corrected chi connectivity index (χ2v) is 8.80. The van der Waals surface area contributed by atoms with Crippen LogP contribution < -0.4 is 14.8 Å². The van der Waals surface area contributed by atoms with E-state index < -0.39 is 0 Å². The number of halogens is 1. The monoisotopic (exact) mass is 482 g/mol. The van der Waals surface area contributed by atoms with E-state index in [4.69, 9.17) is 21.1 Å². The molecule has 9 heteroatoms. The number of hydrogen-bond acceptors (Lipinski definition) is 6. The van der Waals surface area contributed by atoms with Crippen LogP contribution in [-0.4, -0.2) is 40.5 Å². The number of carbonyl (C=O) groups excluding carboxylic acids is 1. The first-order valence-electron chi connectivity index (χ1n) is 10.2. The highest BCUT2D eigenvalue weighted by Gasteiger charge is 2.15. The van der Waals surface area contributed by atoms with Crippen molar-refractivity contribution in [2.45, 2.75) is 18.9 Å². The van der Waals surface area contributed by atoms with Crippen LogP contribution in [0, 0.1) is 13.8 Å². The van der Waals surface area contributed by atoms with Crippen molar-refractivity contribution in [2.24, 2.45) is 0 Å². The van der Waals surface area contributed by atoms with E-state index in [-0.39, 0.29) is 11.7 Å². The predicted octanol–water partition coefficient (Wildman–Crippen LogP) is 5.41. The summed E-state index contributed by atoms with van der Waals surface area (Å²) in [5.74, 6) is 1.37. The van der Waals surface area contributed by atoms with Crippen molar-refractivity contribution in [1.82, 2.24) is 14.6 Å². The fraction of sp³-hybridized carbons (Fsp3) is 0.208. The highest BCUT2D eigenvalue weighted by molar-refractivity contribution is 7.99. The highest BCUT2D eigenvalue weighted by atomic mass is 35.5. The summed E-state index contributed by atoms with van der Waals surface area (Å²) in [7, 11) is 3.20. The zero-order valence-corrected chi connectivity index (χ0v) is 20.3. The molecule has 33 heavy (non-hydrogen) atoms. The molecule has 4 aromatic rings. The summed E-state index contributed by atoms with van der Waals surface area (Å²) in [5, 5.41) is 8.85. The van der Waals surface area contributed by atoms with Crippen LogP contribution in [0.5, 0.6) is 11.5 Å². The Balaban J connectivity index is 1.57. The molecular formula is C24H23ClN4O3S. The topological polar surface area (TPSA) is 77.8 Å². The average Bonchev–Trinajstić information content (AvgIpc) is 3.23. The molecule has 1 amide bonds. The van der Waals surface area contributed by atoms with Crippen LogP contribution in [0.2, 0.25) is 5.02 Å². The molecule has 0 aliphatic carbocycles. The summed E-state index contributed by atoms with van der Waals surface area (Å²) in [6.07, 6.45) is 1.77. The lowest BCUT2D eigenvalue weighted by molar-refractivity contribution is -0.113. The molecule has 0 atom stereocenters. The number of hydrogen-bond donors (Lipinski definition) is 1. The number of nitrogens with zero attached hydrogens (tertiary/aromatic N) is 3. The molecule has 2 aromatic heterocycles. The largest absolute Gasteiger partial charge is 0.493 e. The van der Waals surface area contributed by atoms with Gasteiger partial charge in [-0.1, -0.05) is 35.5 Å². The van der Waals surface area contributed by atoms with Crippen molar-refractivity contribution in [2.75, 3.05) is 25.3 Å². The fourth-order valence-corrected chi connectivity index (χ4v) is 4.41. The first-order chi connectivity index (χ1) is 15.9. The molecular weight excluding hydrogens is 460 g/mol. The minimum absolute atomic E-state index is 0.130. The third kappa shape index (κ3) is 4.91. The quantitative estimate of drug-likeness (QED) is 0.280. The van der Waals surface area contributed by atoms with E-state index in [9.17, 15) is 4.79 Å². The first kappa shape index (κ1) is 22.9. The lowest BCUT2D eigenvalue weighted by Gasteiger charge is -2.10. The lowest BCUT2D eigenvalue weighted by atomic mass is 10.1. The maximum absolute atomic E-state index is 12.5. The van der Waals surface area contributed by atoms with Crippen LogP contribution in [0.1, 0.15) is 11.3 Å². The average molecular weight is 483 g/mol. The number of thioether (sulfide) groups is 1. The molecule has 0 fully saturated rings. The van der Waals surface area contributed by atoms with Gasteiger partial charge in [0.05, 0.1) is 26.2 Å². The van der Waals surface area contributed by atoms with Gasteiger partial charge in [-0.3, -0.25) is 4.79 Å². The molecule has 4 rings (SSSR count).